The van der Waals surface area contributed by atoms with Gasteiger partial charge in [0.15, 0.2) is 0 Å². The molecule has 1 fully saturated rings. The molecule has 1 amide bonds. The van der Waals surface area contributed by atoms with E-state index in [0.29, 0.717) is 29.1 Å². The van der Waals surface area contributed by atoms with Crippen molar-refractivity contribution in [2.45, 2.75) is 46.0 Å². The van der Waals surface area contributed by atoms with Crippen molar-refractivity contribution in [3.63, 3.8) is 0 Å². The number of nitrogens with two attached hydrogens (primary N) is 1. The van der Waals surface area contributed by atoms with Crippen LogP contribution in [0.25, 0.3) is 0 Å². The van der Waals surface area contributed by atoms with E-state index in [9.17, 15) is 4.79 Å². The molecule has 0 bridgehead atoms. The highest BCUT2D eigenvalue weighted by molar-refractivity contribution is 6.30. The van der Waals surface area contributed by atoms with E-state index < -0.39 is 0 Å². The molecule has 1 aliphatic rings. The van der Waals surface area contributed by atoms with Crippen LogP contribution in [0.5, 0.6) is 0 Å². The minimum Gasteiger partial charge on any atom is -0.383 e. The van der Waals surface area contributed by atoms with Gasteiger partial charge < -0.3 is 10.6 Å². The Bertz CT molecular complexity index is 489. The second-order valence-corrected chi connectivity index (χ2v) is 6.00. The normalized spacial score (nSPS) is 16.2. The molecule has 116 valence electrons. The van der Waals surface area contributed by atoms with Crippen molar-refractivity contribution in [1.82, 2.24) is 14.9 Å². The van der Waals surface area contributed by atoms with E-state index in [1.165, 1.54) is 0 Å². The van der Waals surface area contributed by atoms with Gasteiger partial charge >= 0.3 is 0 Å². The maximum absolute atomic E-state index is 11.6. The number of aromatic nitrogens is 2. The minimum atomic E-state index is 0.257. The molecule has 0 aromatic carbocycles. The molecule has 0 radical (unpaired) electrons. The van der Waals surface area contributed by atoms with Crippen LogP contribution >= 0.6 is 11.6 Å². The van der Waals surface area contributed by atoms with E-state index in [2.05, 4.69) is 9.97 Å². The van der Waals surface area contributed by atoms with Gasteiger partial charge in [-0.3, -0.25) is 4.79 Å². The van der Waals surface area contributed by atoms with Crippen molar-refractivity contribution in [1.29, 1.82) is 0 Å². The molecule has 1 aliphatic heterocycles. The van der Waals surface area contributed by atoms with Gasteiger partial charge in [-0.05, 0) is 38.5 Å². The van der Waals surface area contributed by atoms with Crippen molar-refractivity contribution in [2.75, 3.05) is 18.8 Å². The van der Waals surface area contributed by atoms with Crippen molar-refractivity contribution < 1.29 is 4.79 Å². The maximum atomic E-state index is 11.6. The summed E-state index contributed by atoms with van der Waals surface area (Å²) < 4.78 is 0. The predicted octanol–water partition coefficient (Wildman–Crippen LogP) is 2.60. The lowest BCUT2D eigenvalue weighted by molar-refractivity contribution is -0.132. The monoisotopic (exact) mass is 310 g/mol. The van der Waals surface area contributed by atoms with Crippen molar-refractivity contribution in [2.24, 2.45) is 5.92 Å². The highest BCUT2D eigenvalue weighted by Crippen LogP contribution is 2.26. The van der Waals surface area contributed by atoms with E-state index in [1.54, 1.807) is 6.92 Å². The van der Waals surface area contributed by atoms with Gasteiger partial charge in [0, 0.05) is 25.1 Å². The largest absolute Gasteiger partial charge is 0.383 e. The second kappa shape index (κ2) is 7.07. The molecule has 2 heterocycles. The Balaban J connectivity index is 1.87. The number of hydrogen-bond donors (Lipinski definition) is 1. The summed E-state index contributed by atoms with van der Waals surface area (Å²) in [5.74, 6) is 1.97. The number of rotatable bonds is 4. The molecule has 1 aromatic heterocycles. The number of piperidine rings is 1. The lowest BCUT2D eigenvalue weighted by Gasteiger charge is -2.32. The summed E-state index contributed by atoms with van der Waals surface area (Å²) in [4.78, 5) is 22.0. The Kier molecular flexibility index (Phi) is 5.39. The number of likely N-dealkylation sites (tertiary alicyclic amines) is 1. The SMILES string of the molecule is CCC(=O)N1CCC(CCc2c(N)nc(C)nc2Cl)CC1. The van der Waals surface area contributed by atoms with Crippen molar-refractivity contribution in [3.8, 4) is 0 Å². The number of nitrogen functional groups attached to an aromatic ring is 1. The Hall–Kier alpha value is -1.36. The molecule has 0 aliphatic carbocycles. The number of hydrogen-bond acceptors (Lipinski definition) is 4. The molecule has 5 nitrogen and oxygen atoms in total. The third kappa shape index (κ3) is 4.06. The molecule has 2 rings (SSSR count). The number of anilines is 1. The Morgan fingerprint density at radius 3 is 2.62 bits per heavy atom. The van der Waals surface area contributed by atoms with E-state index in [1.807, 2.05) is 11.8 Å². The van der Waals surface area contributed by atoms with Crippen LogP contribution < -0.4 is 5.73 Å². The van der Waals surface area contributed by atoms with Crippen LogP contribution in [-0.4, -0.2) is 33.9 Å². The lowest BCUT2D eigenvalue weighted by Crippen LogP contribution is -2.38. The van der Waals surface area contributed by atoms with Gasteiger partial charge in [-0.25, -0.2) is 9.97 Å². The van der Waals surface area contributed by atoms with E-state index in [4.69, 9.17) is 17.3 Å². The standard InChI is InChI=1S/C15H23ClN4O/c1-3-13(21)20-8-6-11(7-9-20)4-5-12-14(16)18-10(2)19-15(12)17/h11H,3-9H2,1-2H3,(H2,17,18,19). The first-order valence-corrected chi connectivity index (χ1v) is 7.95. The number of aryl methyl sites for hydroxylation is 1. The van der Waals surface area contributed by atoms with Gasteiger partial charge in [0.05, 0.1) is 0 Å². The van der Waals surface area contributed by atoms with E-state index >= 15 is 0 Å². The van der Waals surface area contributed by atoms with Gasteiger partial charge in [0.2, 0.25) is 5.91 Å². The summed E-state index contributed by atoms with van der Waals surface area (Å²) >= 11 is 6.15. The predicted molar refractivity (Wildman–Crippen MR) is 84.1 cm³/mol. The number of nitrogens with zero attached hydrogens (tertiary/aromatic N) is 3. The van der Waals surface area contributed by atoms with Gasteiger partial charge in [0.25, 0.3) is 0 Å². The maximum Gasteiger partial charge on any atom is 0.222 e. The van der Waals surface area contributed by atoms with Crippen LogP contribution in [0.3, 0.4) is 0 Å². The highest BCUT2D eigenvalue weighted by atomic mass is 35.5. The average Bonchev–Trinajstić information content (AvgIpc) is 2.46. The van der Waals surface area contributed by atoms with Crippen LogP contribution in [0.15, 0.2) is 0 Å². The highest BCUT2D eigenvalue weighted by Gasteiger charge is 2.22. The number of carbonyl (C=O) groups excluding carboxylic acids is 1. The fraction of sp³-hybridized carbons (Fsp3) is 0.667. The summed E-state index contributed by atoms with van der Waals surface area (Å²) in [6, 6.07) is 0. The van der Waals surface area contributed by atoms with Gasteiger partial charge in [-0.1, -0.05) is 18.5 Å². The topological polar surface area (TPSA) is 72.1 Å². The molecule has 1 saturated heterocycles. The molecule has 21 heavy (non-hydrogen) atoms. The van der Waals surface area contributed by atoms with Crippen molar-refractivity contribution in [3.05, 3.63) is 16.5 Å². The third-order valence-electron chi connectivity index (χ3n) is 4.17. The molecule has 0 saturated carbocycles. The molecular formula is C15H23ClN4O. The molecule has 2 N–H and O–H groups in total. The van der Waals surface area contributed by atoms with Gasteiger partial charge in [0.1, 0.15) is 16.8 Å². The zero-order chi connectivity index (χ0) is 15.4. The fourth-order valence-electron chi connectivity index (χ4n) is 2.86. The summed E-state index contributed by atoms with van der Waals surface area (Å²) in [6.07, 6.45) is 4.52. The molecule has 1 aromatic rings. The van der Waals surface area contributed by atoms with Crippen LogP contribution in [0.2, 0.25) is 5.15 Å². The fourth-order valence-corrected chi connectivity index (χ4v) is 3.17. The molecule has 0 unspecified atom stereocenters. The van der Waals surface area contributed by atoms with E-state index in [0.717, 1.165) is 44.3 Å². The summed E-state index contributed by atoms with van der Waals surface area (Å²) in [5.41, 5.74) is 6.79. The molecule has 0 atom stereocenters. The third-order valence-corrected chi connectivity index (χ3v) is 4.49. The number of carbonyl (C=O) groups is 1. The smallest absolute Gasteiger partial charge is 0.222 e. The molecule has 0 spiro atoms. The first kappa shape index (κ1) is 16.0. The van der Waals surface area contributed by atoms with Gasteiger partial charge in [-0.2, -0.15) is 0 Å². The molecular weight excluding hydrogens is 288 g/mol. The average molecular weight is 311 g/mol. The Morgan fingerprint density at radius 1 is 1.38 bits per heavy atom. The molecule has 6 heteroatoms. The summed E-state index contributed by atoms with van der Waals surface area (Å²) in [7, 11) is 0. The van der Waals surface area contributed by atoms with Crippen molar-refractivity contribution >= 4 is 23.3 Å². The summed E-state index contributed by atoms with van der Waals surface area (Å²) in [5, 5.41) is 0.471. The van der Waals surface area contributed by atoms with E-state index in [-0.39, 0.29) is 5.91 Å². The Morgan fingerprint density at radius 2 is 2.05 bits per heavy atom. The van der Waals surface area contributed by atoms with Crippen LogP contribution in [-0.2, 0) is 11.2 Å². The van der Waals surface area contributed by atoms with Crippen LogP contribution in [0, 0.1) is 12.8 Å². The van der Waals surface area contributed by atoms with Crippen LogP contribution in [0.1, 0.15) is 44.0 Å². The zero-order valence-corrected chi connectivity index (χ0v) is 13.5. The Labute approximate surface area is 130 Å². The minimum absolute atomic E-state index is 0.257. The number of halogens is 1. The second-order valence-electron chi connectivity index (χ2n) is 5.64. The summed E-state index contributed by atoms with van der Waals surface area (Å²) in [6.45, 7) is 5.43. The van der Waals surface area contributed by atoms with Crippen LogP contribution in [0.4, 0.5) is 5.82 Å². The lowest BCUT2D eigenvalue weighted by atomic mass is 9.90. The number of amides is 1. The first-order chi connectivity index (χ1) is 10.0. The first-order valence-electron chi connectivity index (χ1n) is 7.57. The van der Waals surface area contributed by atoms with Gasteiger partial charge in [-0.15, -0.1) is 0 Å². The quantitative estimate of drug-likeness (QED) is 0.868. The zero-order valence-electron chi connectivity index (χ0n) is 12.7.